The zero-order valence-corrected chi connectivity index (χ0v) is 24.3. The topological polar surface area (TPSA) is 142 Å². The summed E-state index contributed by atoms with van der Waals surface area (Å²) in [5.41, 5.74) is 3.91. The molecule has 0 aliphatic carbocycles. The van der Waals surface area contributed by atoms with E-state index in [0.29, 0.717) is 22.8 Å². The monoisotopic (exact) mass is 566 g/mol. The maximum absolute atomic E-state index is 13.9. The lowest BCUT2D eigenvalue weighted by atomic mass is 10.1. The van der Waals surface area contributed by atoms with Crippen molar-refractivity contribution in [1.82, 2.24) is 29.7 Å². The lowest BCUT2D eigenvalue weighted by molar-refractivity contribution is -0.00774. The molecule has 0 saturated heterocycles. The molecule has 1 N–H and O–H groups in total. The average molecular weight is 567 g/mol. The Bertz CT molecular complexity index is 1570. The van der Waals surface area contributed by atoms with Gasteiger partial charge in [0.2, 0.25) is 0 Å². The van der Waals surface area contributed by atoms with Crippen molar-refractivity contribution in [2.45, 2.75) is 57.8 Å². The molecule has 4 aromatic rings. The van der Waals surface area contributed by atoms with Crippen molar-refractivity contribution in [2.24, 2.45) is 0 Å². The summed E-state index contributed by atoms with van der Waals surface area (Å²) in [6.07, 6.45) is 4.78. The van der Waals surface area contributed by atoms with Crippen LogP contribution >= 0.6 is 0 Å². The molecule has 0 aliphatic rings. The minimum absolute atomic E-state index is 0.0805. The number of hydrogen-bond donors (Lipinski definition) is 1. The van der Waals surface area contributed by atoms with Gasteiger partial charge >= 0.3 is 0 Å². The highest BCUT2D eigenvalue weighted by Gasteiger charge is 2.36. The van der Waals surface area contributed by atoms with Crippen molar-refractivity contribution in [3.05, 3.63) is 77.4 Å². The molecule has 3 heterocycles. The predicted octanol–water partition coefficient (Wildman–Crippen LogP) is 3.50. The lowest BCUT2D eigenvalue weighted by Crippen LogP contribution is -2.32. The number of sulfone groups is 1. The smallest absolute Gasteiger partial charge is 0.170 e. The van der Waals surface area contributed by atoms with Crippen LogP contribution in [0.1, 0.15) is 48.3 Å². The van der Waals surface area contributed by atoms with Gasteiger partial charge in [0.1, 0.15) is 17.6 Å². The minimum Gasteiger partial charge on any atom is -0.495 e. The van der Waals surface area contributed by atoms with Gasteiger partial charge in [-0.3, -0.25) is 9.55 Å². The van der Waals surface area contributed by atoms with E-state index in [2.05, 4.69) is 25.1 Å². The van der Waals surface area contributed by atoms with Gasteiger partial charge in [-0.05, 0) is 63.4 Å². The van der Waals surface area contributed by atoms with Crippen LogP contribution in [0.15, 0.2) is 49.1 Å². The molecule has 4 rings (SSSR count). The number of aromatic nitrogens is 6. The Hall–Kier alpha value is -3.74. The number of hydrogen-bond acceptors (Lipinski definition) is 10. The third-order valence-corrected chi connectivity index (χ3v) is 8.44. The summed E-state index contributed by atoms with van der Waals surface area (Å²) < 4.78 is 41.1. The van der Waals surface area contributed by atoms with E-state index in [0.717, 1.165) is 16.7 Å². The van der Waals surface area contributed by atoms with E-state index in [1.807, 2.05) is 39.0 Å². The normalized spacial score (nSPS) is 14.1. The number of ether oxygens (including phenoxy) is 2. The minimum atomic E-state index is -3.93. The van der Waals surface area contributed by atoms with E-state index >= 15 is 0 Å². The molecule has 0 spiro atoms. The fraction of sp³-hybridized carbons (Fsp3) is 0.393. The van der Waals surface area contributed by atoms with Gasteiger partial charge in [-0.15, -0.1) is 10.2 Å². The molecule has 11 nitrogen and oxygen atoms in total. The molecular formula is C28H34N6O5S. The van der Waals surface area contributed by atoms with Crippen LogP contribution in [0.3, 0.4) is 0 Å². The molecule has 0 amide bonds. The van der Waals surface area contributed by atoms with Gasteiger partial charge in [0, 0.05) is 30.4 Å². The summed E-state index contributed by atoms with van der Waals surface area (Å²) in [5.74, 6) is 0.953. The van der Waals surface area contributed by atoms with Gasteiger partial charge in [0.05, 0.1) is 30.8 Å². The van der Waals surface area contributed by atoms with Crippen LogP contribution < -0.4 is 4.74 Å². The Kier molecular flexibility index (Phi) is 8.92. The highest BCUT2D eigenvalue weighted by atomic mass is 32.2. The van der Waals surface area contributed by atoms with Crippen molar-refractivity contribution in [3.8, 4) is 22.8 Å². The van der Waals surface area contributed by atoms with E-state index in [9.17, 15) is 13.5 Å². The molecule has 0 aliphatic heterocycles. The molecule has 0 fully saturated rings. The standard InChI is InChI=1S/C28H34N6O5S/c1-17-10-22(14-29-11-17)28-33-32-24(34(28)25-19(3)8-7-9-23(25)38-6)16-40(36,37)21(5)26(39-15-20(4)35)27-30-12-18(2)13-31-27/h7-14,20-21,26,35H,15-16H2,1-6H3/t20-,21+,26-/m0/s1. The first-order valence-electron chi connectivity index (χ1n) is 12.8. The molecule has 212 valence electrons. The summed E-state index contributed by atoms with van der Waals surface area (Å²) in [4.78, 5) is 12.9. The first kappa shape index (κ1) is 29.2. The highest BCUT2D eigenvalue weighted by Crippen LogP contribution is 2.33. The average Bonchev–Trinajstić information content (AvgIpc) is 3.31. The number of aliphatic hydroxyl groups is 1. The molecule has 0 unspecified atom stereocenters. The molecule has 0 radical (unpaired) electrons. The van der Waals surface area contributed by atoms with Crippen molar-refractivity contribution in [1.29, 1.82) is 0 Å². The Balaban J connectivity index is 1.81. The Labute approximate surface area is 234 Å². The summed E-state index contributed by atoms with van der Waals surface area (Å²) in [6.45, 7) is 8.69. The number of aryl methyl sites for hydroxylation is 3. The van der Waals surface area contributed by atoms with Gasteiger partial charge in [-0.1, -0.05) is 12.1 Å². The van der Waals surface area contributed by atoms with Crippen LogP contribution in [-0.2, 0) is 20.3 Å². The van der Waals surface area contributed by atoms with Gasteiger partial charge in [-0.25, -0.2) is 18.4 Å². The third kappa shape index (κ3) is 6.35. The lowest BCUT2D eigenvalue weighted by Gasteiger charge is -2.24. The number of nitrogens with zero attached hydrogens (tertiary/aromatic N) is 6. The second-order valence-corrected chi connectivity index (χ2v) is 12.2. The van der Waals surface area contributed by atoms with Crippen molar-refractivity contribution in [3.63, 3.8) is 0 Å². The maximum Gasteiger partial charge on any atom is 0.170 e. The van der Waals surface area contributed by atoms with Crippen LogP contribution in [0.4, 0.5) is 0 Å². The van der Waals surface area contributed by atoms with E-state index < -0.39 is 33.0 Å². The summed E-state index contributed by atoms with van der Waals surface area (Å²) in [6, 6.07) is 7.48. The van der Waals surface area contributed by atoms with Gasteiger partial charge in [-0.2, -0.15) is 0 Å². The Morgan fingerprint density at radius 3 is 2.38 bits per heavy atom. The zero-order valence-electron chi connectivity index (χ0n) is 23.4. The van der Waals surface area contributed by atoms with Crippen LogP contribution in [0.5, 0.6) is 5.75 Å². The predicted molar refractivity (Wildman–Crippen MR) is 150 cm³/mol. The molecule has 3 atom stereocenters. The maximum atomic E-state index is 13.9. The molecule has 0 saturated carbocycles. The summed E-state index contributed by atoms with van der Waals surface area (Å²) in [7, 11) is -2.37. The number of benzene rings is 1. The molecule has 0 bridgehead atoms. The first-order chi connectivity index (χ1) is 19.0. The Morgan fingerprint density at radius 2 is 1.73 bits per heavy atom. The summed E-state index contributed by atoms with van der Waals surface area (Å²) in [5, 5.41) is 17.5. The van der Waals surface area contributed by atoms with Crippen molar-refractivity contribution < 1.29 is 23.0 Å². The van der Waals surface area contributed by atoms with E-state index in [1.165, 1.54) is 0 Å². The van der Waals surface area contributed by atoms with E-state index in [4.69, 9.17) is 9.47 Å². The second-order valence-electron chi connectivity index (χ2n) is 9.89. The van der Waals surface area contributed by atoms with Gasteiger partial charge < -0.3 is 14.6 Å². The van der Waals surface area contributed by atoms with Crippen LogP contribution in [0.2, 0.25) is 0 Å². The van der Waals surface area contributed by atoms with Crippen LogP contribution in [0.25, 0.3) is 17.1 Å². The quantitative estimate of drug-likeness (QED) is 0.287. The fourth-order valence-electron chi connectivity index (χ4n) is 4.30. The van der Waals surface area contributed by atoms with E-state index in [-0.39, 0.29) is 18.3 Å². The number of para-hydroxylation sites is 1. The van der Waals surface area contributed by atoms with Crippen LogP contribution in [-0.4, -0.2) is 68.3 Å². The summed E-state index contributed by atoms with van der Waals surface area (Å²) >= 11 is 0. The van der Waals surface area contributed by atoms with Gasteiger partial charge in [0.25, 0.3) is 0 Å². The van der Waals surface area contributed by atoms with Crippen molar-refractivity contribution in [2.75, 3.05) is 13.7 Å². The number of methoxy groups -OCH3 is 1. The van der Waals surface area contributed by atoms with E-state index in [1.54, 1.807) is 56.4 Å². The van der Waals surface area contributed by atoms with Crippen molar-refractivity contribution >= 4 is 9.84 Å². The number of aliphatic hydroxyl groups excluding tert-OH is 1. The van der Waals surface area contributed by atoms with Gasteiger partial charge in [0.15, 0.2) is 27.3 Å². The number of pyridine rings is 1. The number of rotatable bonds is 11. The highest BCUT2D eigenvalue weighted by molar-refractivity contribution is 7.91. The molecule has 12 heteroatoms. The fourth-order valence-corrected chi connectivity index (χ4v) is 5.69. The largest absolute Gasteiger partial charge is 0.495 e. The molecular weight excluding hydrogens is 532 g/mol. The third-order valence-electron chi connectivity index (χ3n) is 6.40. The first-order valence-corrected chi connectivity index (χ1v) is 14.5. The second kappa shape index (κ2) is 12.2. The SMILES string of the molecule is COc1cccc(C)c1-n1c(CS(=O)(=O)[C@H](C)[C@H](OC[C@H](C)O)c2ncc(C)cn2)nnc1-c1cncc(C)c1. The molecule has 40 heavy (non-hydrogen) atoms. The molecule has 1 aromatic carbocycles. The Morgan fingerprint density at radius 1 is 1.00 bits per heavy atom. The van der Waals surface area contributed by atoms with Crippen LogP contribution in [0, 0.1) is 20.8 Å². The zero-order chi connectivity index (χ0) is 29.0. The molecule has 3 aromatic heterocycles.